The lowest BCUT2D eigenvalue weighted by molar-refractivity contribution is -0.384. The number of hydrogen-bond acceptors (Lipinski definition) is 8. The zero-order valence-electron chi connectivity index (χ0n) is 22.0. The summed E-state index contributed by atoms with van der Waals surface area (Å²) in [5.74, 6) is 0.319. The third kappa shape index (κ3) is 6.94. The zero-order chi connectivity index (χ0) is 28.5. The number of rotatable bonds is 12. The van der Waals surface area contributed by atoms with Crippen LogP contribution in [0.4, 0.5) is 22.7 Å². The molecule has 0 saturated heterocycles. The molecule has 0 bridgehead atoms. The summed E-state index contributed by atoms with van der Waals surface area (Å²) >= 11 is 0. The van der Waals surface area contributed by atoms with E-state index in [-0.39, 0.29) is 16.3 Å². The zero-order valence-corrected chi connectivity index (χ0v) is 22.8. The number of methoxy groups -OCH3 is 1. The molecule has 11 heteroatoms. The quantitative estimate of drug-likeness (QED) is 0.126. The molecule has 0 aromatic heterocycles. The number of nitro groups is 1. The summed E-state index contributed by atoms with van der Waals surface area (Å²) in [7, 11) is -2.70. The van der Waals surface area contributed by atoms with Gasteiger partial charge in [0.25, 0.3) is 15.7 Å². The van der Waals surface area contributed by atoms with Crippen LogP contribution >= 0.6 is 0 Å². The number of nitrogens with one attached hydrogen (secondary N) is 2. The molecule has 0 atom stereocenters. The van der Waals surface area contributed by atoms with Crippen LogP contribution in [0.15, 0.2) is 107 Å². The van der Waals surface area contributed by atoms with E-state index in [4.69, 9.17) is 4.74 Å². The maximum atomic E-state index is 12.9. The normalized spacial score (nSPS) is 11.2. The van der Waals surface area contributed by atoms with Gasteiger partial charge in [0.1, 0.15) is 11.4 Å². The van der Waals surface area contributed by atoms with E-state index >= 15 is 0 Å². The van der Waals surface area contributed by atoms with Gasteiger partial charge in [-0.15, -0.1) is 0 Å². The largest absolute Gasteiger partial charge is 0.495 e. The summed E-state index contributed by atoms with van der Waals surface area (Å²) in [6.45, 7) is 3.73. The highest BCUT2D eigenvalue weighted by Crippen LogP contribution is 2.30. The van der Waals surface area contributed by atoms with E-state index in [1.54, 1.807) is 18.2 Å². The van der Waals surface area contributed by atoms with Crippen LogP contribution in [-0.4, -0.2) is 33.2 Å². The number of sulfonamides is 1. The van der Waals surface area contributed by atoms with Gasteiger partial charge in [0.05, 0.1) is 28.8 Å². The molecule has 0 amide bonds. The Morgan fingerprint density at radius 2 is 1.65 bits per heavy atom. The first-order valence-electron chi connectivity index (χ1n) is 12.4. The fourth-order valence-electron chi connectivity index (χ4n) is 3.99. The molecule has 0 fully saturated rings. The number of nitro benzene ring substituents is 1. The number of benzene rings is 4. The summed E-state index contributed by atoms with van der Waals surface area (Å²) in [6.07, 6.45) is 1.54. The van der Waals surface area contributed by atoms with Gasteiger partial charge in [0, 0.05) is 24.8 Å². The Balaban J connectivity index is 1.46. The number of para-hydroxylation sites is 2. The van der Waals surface area contributed by atoms with Gasteiger partial charge in [0.2, 0.25) is 0 Å². The highest BCUT2D eigenvalue weighted by Gasteiger charge is 2.22. The van der Waals surface area contributed by atoms with Crippen LogP contribution in [0.25, 0.3) is 0 Å². The fraction of sp³-hybridized carbons (Fsp3) is 0.138. The molecule has 0 heterocycles. The lowest BCUT2D eigenvalue weighted by Gasteiger charge is -2.23. The van der Waals surface area contributed by atoms with Crippen molar-refractivity contribution in [2.24, 2.45) is 5.10 Å². The smallest absolute Gasteiger partial charge is 0.295 e. The molecule has 0 spiro atoms. The Bertz CT molecular complexity index is 1590. The highest BCUT2D eigenvalue weighted by atomic mass is 32.2. The average molecular weight is 560 g/mol. The third-order valence-electron chi connectivity index (χ3n) is 6.08. The van der Waals surface area contributed by atoms with Crippen molar-refractivity contribution in [2.45, 2.75) is 18.4 Å². The van der Waals surface area contributed by atoms with Gasteiger partial charge in [-0.1, -0.05) is 54.6 Å². The van der Waals surface area contributed by atoms with Crippen molar-refractivity contribution in [3.05, 3.63) is 118 Å². The van der Waals surface area contributed by atoms with E-state index in [1.807, 2.05) is 42.5 Å². The topological polar surface area (TPSA) is 126 Å². The second-order valence-corrected chi connectivity index (χ2v) is 10.4. The van der Waals surface area contributed by atoms with Crippen molar-refractivity contribution in [1.82, 2.24) is 0 Å². The van der Waals surface area contributed by atoms with Crippen LogP contribution in [0.1, 0.15) is 18.1 Å². The number of hydrogen-bond donors (Lipinski definition) is 2. The molecule has 10 nitrogen and oxygen atoms in total. The molecule has 0 aliphatic carbocycles. The Kier molecular flexibility index (Phi) is 8.97. The minimum atomic E-state index is -4.12. The van der Waals surface area contributed by atoms with Crippen LogP contribution in [0.5, 0.6) is 5.75 Å². The molecule has 0 radical (unpaired) electrons. The maximum Gasteiger partial charge on any atom is 0.295 e. The number of hydrazone groups is 1. The predicted molar refractivity (Wildman–Crippen MR) is 158 cm³/mol. The van der Waals surface area contributed by atoms with Crippen LogP contribution in [0, 0.1) is 10.1 Å². The van der Waals surface area contributed by atoms with Crippen LogP contribution in [0.3, 0.4) is 0 Å². The van der Waals surface area contributed by atoms with E-state index in [1.165, 1.54) is 37.1 Å². The van der Waals surface area contributed by atoms with E-state index in [2.05, 4.69) is 39.2 Å². The van der Waals surface area contributed by atoms with E-state index in [0.717, 1.165) is 30.4 Å². The first-order valence-corrected chi connectivity index (χ1v) is 13.9. The standard InChI is InChI=1S/C29H29N5O5S/c1-3-33(21-23-9-5-4-6-10-23)24-15-13-22(14-16-24)20-30-31-26-18-17-25(19-28(26)34(35)36)40(37,38)32-27-11-7-8-12-29(27)39-2/h4-20,31-32H,3,21H2,1-2H3/b30-20-. The molecule has 40 heavy (non-hydrogen) atoms. The van der Waals surface area contributed by atoms with E-state index in [9.17, 15) is 18.5 Å². The maximum absolute atomic E-state index is 12.9. The monoisotopic (exact) mass is 559 g/mol. The Hall–Kier alpha value is -4.90. The molecule has 0 unspecified atom stereocenters. The minimum Gasteiger partial charge on any atom is -0.495 e. The lowest BCUT2D eigenvalue weighted by atomic mass is 10.1. The molecule has 2 N–H and O–H groups in total. The first-order chi connectivity index (χ1) is 19.3. The van der Waals surface area contributed by atoms with E-state index < -0.39 is 20.6 Å². The van der Waals surface area contributed by atoms with Crippen molar-refractivity contribution in [2.75, 3.05) is 28.7 Å². The second kappa shape index (κ2) is 12.8. The van der Waals surface area contributed by atoms with Crippen LogP contribution in [-0.2, 0) is 16.6 Å². The van der Waals surface area contributed by atoms with Crippen molar-refractivity contribution < 1.29 is 18.1 Å². The summed E-state index contributed by atoms with van der Waals surface area (Å²) < 4.78 is 33.4. The Labute approximate surface area is 233 Å². The Morgan fingerprint density at radius 1 is 0.950 bits per heavy atom. The van der Waals surface area contributed by atoms with Crippen molar-refractivity contribution in [3.63, 3.8) is 0 Å². The summed E-state index contributed by atoms with van der Waals surface area (Å²) in [6, 6.07) is 28.0. The predicted octanol–water partition coefficient (Wildman–Crippen LogP) is 5.88. The van der Waals surface area contributed by atoms with Gasteiger partial charge in [-0.3, -0.25) is 20.3 Å². The highest BCUT2D eigenvalue weighted by molar-refractivity contribution is 7.92. The second-order valence-electron chi connectivity index (χ2n) is 8.70. The SMILES string of the molecule is CCN(Cc1ccccc1)c1ccc(/C=N\Nc2ccc(S(=O)(=O)Nc3ccccc3OC)cc2[N+](=O)[O-])cc1. The minimum absolute atomic E-state index is 0.0501. The number of nitrogens with zero attached hydrogens (tertiary/aromatic N) is 3. The third-order valence-corrected chi connectivity index (χ3v) is 7.45. The van der Waals surface area contributed by atoms with Gasteiger partial charge in [-0.2, -0.15) is 5.10 Å². The first kappa shape index (κ1) is 28.1. The van der Waals surface area contributed by atoms with Crippen LogP contribution in [0.2, 0.25) is 0 Å². The molecule has 4 aromatic carbocycles. The van der Waals surface area contributed by atoms with Gasteiger partial charge >= 0.3 is 0 Å². The van der Waals surface area contributed by atoms with Crippen molar-refractivity contribution in [3.8, 4) is 5.75 Å². The van der Waals surface area contributed by atoms with Crippen molar-refractivity contribution in [1.29, 1.82) is 0 Å². The molecular formula is C29H29N5O5S. The molecule has 0 saturated carbocycles. The summed E-state index contributed by atoms with van der Waals surface area (Å²) in [5.41, 5.74) is 5.55. The van der Waals surface area contributed by atoms with Gasteiger partial charge in [0.15, 0.2) is 0 Å². The molecule has 0 aliphatic heterocycles. The van der Waals surface area contributed by atoms with E-state index in [0.29, 0.717) is 5.75 Å². The van der Waals surface area contributed by atoms with Gasteiger partial charge < -0.3 is 9.64 Å². The summed E-state index contributed by atoms with van der Waals surface area (Å²) in [5, 5.41) is 15.9. The molecule has 0 aliphatic rings. The fourth-order valence-corrected chi connectivity index (χ4v) is 5.08. The van der Waals surface area contributed by atoms with Crippen molar-refractivity contribution >= 4 is 39.0 Å². The Morgan fingerprint density at radius 3 is 2.33 bits per heavy atom. The molecule has 4 aromatic rings. The number of anilines is 3. The lowest BCUT2D eigenvalue weighted by Crippen LogP contribution is -2.21. The molecule has 4 rings (SSSR count). The number of ether oxygens (including phenoxy) is 1. The average Bonchev–Trinajstić information content (AvgIpc) is 2.97. The molecular weight excluding hydrogens is 530 g/mol. The van der Waals surface area contributed by atoms with Gasteiger partial charge in [-0.05, 0) is 54.4 Å². The molecule has 206 valence electrons. The summed E-state index contributed by atoms with van der Waals surface area (Å²) in [4.78, 5) is 13.0. The van der Waals surface area contributed by atoms with Crippen LogP contribution < -0.4 is 19.8 Å². The van der Waals surface area contributed by atoms with Gasteiger partial charge in [-0.25, -0.2) is 8.42 Å².